The van der Waals surface area contributed by atoms with Crippen molar-refractivity contribution < 1.29 is 9.53 Å². The van der Waals surface area contributed by atoms with E-state index in [4.69, 9.17) is 4.74 Å². The van der Waals surface area contributed by atoms with Gasteiger partial charge in [0, 0.05) is 24.0 Å². The van der Waals surface area contributed by atoms with Gasteiger partial charge in [0.25, 0.3) is 5.91 Å². The Kier molecular flexibility index (Phi) is 6.14. The smallest absolute Gasteiger partial charge is 0.251 e. The van der Waals surface area contributed by atoms with Crippen LogP contribution in [-0.2, 0) is 0 Å². The van der Waals surface area contributed by atoms with E-state index in [1.54, 1.807) is 13.3 Å². The summed E-state index contributed by atoms with van der Waals surface area (Å²) in [6.07, 6.45) is 4.18. The number of rotatable bonds is 7. The minimum absolute atomic E-state index is 0.0588. The number of nitrogens with one attached hydrogen (secondary N) is 1. The van der Waals surface area contributed by atoms with Crippen molar-refractivity contribution in [1.29, 1.82) is 0 Å². The predicted octanol–water partition coefficient (Wildman–Crippen LogP) is 3.76. The van der Waals surface area contributed by atoms with Gasteiger partial charge in [-0.1, -0.05) is 12.1 Å². The van der Waals surface area contributed by atoms with Crippen molar-refractivity contribution >= 4 is 5.91 Å². The lowest BCUT2D eigenvalue weighted by Gasteiger charge is -2.28. The summed E-state index contributed by atoms with van der Waals surface area (Å²) in [5.74, 6) is 0.784. The summed E-state index contributed by atoms with van der Waals surface area (Å²) >= 11 is 0. The van der Waals surface area contributed by atoms with Crippen LogP contribution in [0.5, 0.6) is 5.75 Å². The highest BCUT2D eigenvalue weighted by Gasteiger charge is 2.24. The second-order valence-electron chi connectivity index (χ2n) is 7.67. The fourth-order valence-electron chi connectivity index (χ4n) is 4.02. The summed E-state index contributed by atoms with van der Waals surface area (Å²) in [6.45, 7) is 4.70. The van der Waals surface area contributed by atoms with Crippen molar-refractivity contribution in [3.8, 4) is 11.4 Å². The first-order valence-corrected chi connectivity index (χ1v) is 10.4. The van der Waals surface area contributed by atoms with E-state index in [0.29, 0.717) is 12.1 Å². The highest BCUT2D eigenvalue weighted by molar-refractivity contribution is 5.94. The van der Waals surface area contributed by atoms with Gasteiger partial charge in [-0.05, 0) is 80.9 Å². The third kappa shape index (κ3) is 4.39. The zero-order chi connectivity index (χ0) is 20.9. The number of amides is 1. The topological polar surface area (TPSA) is 59.4 Å². The second kappa shape index (κ2) is 9.13. The number of methoxy groups -OCH3 is 1. The molecular weight excluding hydrogens is 376 g/mol. The Hall–Kier alpha value is -3.12. The molecule has 1 aliphatic heterocycles. The molecule has 6 heteroatoms. The number of ether oxygens (including phenoxy) is 1. The van der Waals surface area contributed by atoms with Crippen molar-refractivity contribution in [3.05, 3.63) is 77.6 Å². The zero-order valence-corrected chi connectivity index (χ0v) is 17.5. The van der Waals surface area contributed by atoms with Gasteiger partial charge in [-0.3, -0.25) is 9.69 Å². The lowest BCUT2D eigenvalue weighted by atomic mass is 10.0. The summed E-state index contributed by atoms with van der Waals surface area (Å²) in [6, 6.07) is 17.8. The van der Waals surface area contributed by atoms with Gasteiger partial charge < -0.3 is 10.1 Å². The van der Waals surface area contributed by atoms with Gasteiger partial charge >= 0.3 is 0 Å². The zero-order valence-electron chi connectivity index (χ0n) is 17.5. The number of aryl methyl sites for hydroxylation is 1. The third-order valence-electron chi connectivity index (χ3n) is 5.74. The van der Waals surface area contributed by atoms with Crippen molar-refractivity contribution in [3.63, 3.8) is 0 Å². The van der Waals surface area contributed by atoms with Gasteiger partial charge in [0.2, 0.25) is 0 Å². The van der Waals surface area contributed by atoms with E-state index in [1.165, 1.54) is 18.4 Å². The minimum Gasteiger partial charge on any atom is -0.497 e. The number of nitrogens with zero attached hydrogens (tertiary/aromatic N) is 3. The molecule has 3 aromatic rings. The molecule has 2 aromatic carbocycles. The number of hydrogen-bond donors (Lipinski definition) is 1. The van der Waals surface area contributed by atoms with Crippen molar-refractivity contribution in [2.45, 2.75) is 25.8 Å². The molecule has 0 aliphatic carbocycles. The normalized spacial score (nSPS) is 15.1. The Morgan fingerprint density at radius 2 is 1.77 bits per heavy atom. The molecule has 0 saturated carbocycles. The minimum atomic E-state index is -0.0588. The van der Waals surface area contributed by atoms with Crippen molar-refractivity contribution in [2.75, 3.05) is 26.7 Å². The van der Waals surface area contributed by atoms with E-state index in [9.17, 15) is 4.79 Å². The second-order valence-corrected chi connectivity index (χ2v) is 7.67. The monoisotopic (exact) mass is 404 g/mol. The molecule has 156 valence electrons. The van der Waals surface area contributed by atoms with E-state index in [0.717, 1.165) is 30.2 Å². The van der Waals surface area contributed by atoms with Crippen LogP contribution in [0.15, 0.2) is 60.8 Å². The van der Waals surface area contributed by atoms with Gasteiger partial charge in [0.05, 0.1) is 18.8 Å². The standard InChI is InChI=1S/C24H28N4O2/c1-18-13-14-26-28(18)21-9-5-20(6-10-21)24(29)25-17-23(27-15-3-4-16-27)19-7-11-22(30-2)12-8-19/h5-14,23H,3-4,15-17H2,1-2H3,(H,25,29)/t23-/m0/s1. The molecule has 2 heterocycles. The maximum absolute atomic E-state index is 12.8. The van der Waals surface area contributed by atoms with Crippen LogP contribution in [0.1, 0.15) is 40.5 Å². The van der Waals surface area contributed by atoms with E-state index >= 15 is 0 Å². The maximum atomic E-state index is 12.8. The average Bonchev–Trinajstić information content (AvgIpc) is 3.46. The average molecular weight is 405 g/mol. The SMILES string of the molecule is COc1ccc([C@H](CNC(=O)c2ccc(-n3nccc3C)cc2)N2CCCC2)cc1. The Bertz CT molecular complexity index is 973. The lowest BCUT2D eigenvalue weighted by Crippen LogP contribution is -2.36. The number of aromatic nitrogens is 2. The fraction of sp³-hybridized carbons (Fsp3) is 0.333. The van der Waals surface area contributed by atoms with Crippen molar-refractivity contribution in [2.24, 2.45) is 0 Å². The molecule has 0 radical (unpaired) electrons. The van der Waals surface area contributed by atoms with E-state index < -0.39 is 0 Å². The van der Waals surface area contributed by atoms with Crippen LogP contribution in [0.2, 0.25) is 0 Å². The quantitative estimate of drug-likeness (QED) is 0.651. The van der Waals surface area contributed by atoms with Crippen LogP contribution in [0.3, 0.4) is 0 Å². The van der Waals surface area contributed by atoms with E-state index in [1.807, 2.05) is 54.1 Å². The number of hydrogen-bond acceptors (Lipinski definition) is 4. The van der Waals surface area contributed by atoms with Gasteiger partial charge in [0.15, 0.2) is 0 Å². The molecule has 1 atom stereocenters. The first-order valence-electron chi connectivity index (χ1n) is 10.4. The van der Waals surface area contributed by atoms with Crippen LogP contribution in [0.25, 0.3) is 5.69 Å². The Morgan fingerprint density at radius 1 is 1.07 bits per heavy atom. The Morgan fingerprint density at radius 3 is 2.37 bits per heavy atom. The van der Waals surface area contributed by atoms with Crippen molar-refractivity contribution in [1.82, 2.24) is 20.0 Å². The third-order valence-corrected chi connectivity index (χ3v) is 5.74. The summed E-state index contributed by atoms with van der Waals surface area (Å²) in [4.78, 5) is 15.2. The molecule has 6 nitrogen and oxygen atoms in total. The maximum Gasteiger partial charge on any atom is 0.251 e. The molecule has 1 fully saturated rings. The Labute approximate surface area is 177 Å². The molecule has 1 aliphatic rings. The first-order chi connectivity index (χ1) is 14.7. The van der Waals surface area contributed by atoms with E-state index in [-0.39, 0.29) is 11.9 Å². The molecule has 1 amide bonds. The van der Waals surface area contributed by atoms with Gasteiger partial charge in [0.1, 0.15) is 5.75 Å². The molecular formula is C24H28N4O2. The first kappa shape index (κ1) is 20.2. The summed E-state index contributed by atoms with van der Waals surface area (Å²) in [5.41, 5.74) is 3.85. The molecule has 0 bridgehead atoms. The number of carbonyl (C=O) groups excluding carboxylic acids is 1. The highest BCUT2D eigenvalue weighted by atomic mass is 16.5. The number of carbonyl (C=O) groups is 1. The molecule has 1 aromatic heterocycles. The van der Waals surface area contributed by atoms with Crippen LogP contribution < -0.4 is 10.1 Å². The highest BCUT2D eigenvalue weighted by Crippen LogP contribution is 2.26. The predicted molar refractivity (Wildman–Crippen MR) is 117 cm³/mol. The molecule has 0 unspecified atom stereocenters. The summed E-state index contributed by atoms with van der Waals surface area (Å²) in [5, 5.41) is 7.45. The van der Waals surface area contributed by atoms with Gasteiger partial charge in [-0.25, -0.2) is 4.68 Å². The van der Waals surface area contributed by atoms with Crippen LogP contribution in [0, 0.1) is 6.92 Å². The number of likely N-dealkylation sites (tertiary alicyclic amines) is 1. The molecule has 0 spiro atoms. The van der Waals surface area contributed by atoms with Gasteiger partial charge in [-0.15, -0.1) is 0 Å². The number of benzene rings is 2. The van der Waals surface area contributed by atoms with Crippen LogP contribution in [0.4, 0.5) is 0 Å². The largest absolute Gasteiger partial charge is 0.497 e. The molecule has 4 rings (SSSR count). The van der Waals surface area contributed by atoms with E-state index in [2.05, 4.69) is 27.4 Å². The summed E-state index contributed by atoms with van der Waals surface area (Å²) in [7, 11) is 1.67. The van der Waals surface area contributed by atoms with Crippen LogP contribution >= 0.6 is 0 Å². The van der Waals surface area contributed by atoms with Gasteiger partial charge in [-0.2, -0.15) is 5.10 Å². The Balaban J connectivity index is 1.44. The summed E-state index contributed by atoms with van der Waals surface area (Å²) < 4.78 is 7.14. The fourth-order valence-corrected chi connectivity index (χ4v) is 4.02. The molecule has 1 N–H and O–H groups in total. The van der Waals surface area contributed by atoms with Crippen LogP contribution in [-0.4, -0.2) is 47.3 Å². The molecule has 1 saturated heterocycles. The molecule has 30 heavy (non-hydrogen) atoms. The lowest BCUT2D eigenvalue weighted by molar-refractivity contribution is 0.0938.